The highest BCUT2D eigenvalue weighted by molar-refractivity contribution is 5.71. The summed E-state index contributed by atoms with van der Waals surface area (Å²) in [4.78, 5) is 14.2. The molecule has 0 radical (unpaired) electrons. The van der Waals surface area contributed by atoms with E-state index < -0.39 is 0 Å². The molecule has 2 rings (SSSR count). The Balaban J connectivity index is 2.40. The maximum absolute atomic E-state index is 12.1. The SMILES string of the molecule is CCN(CC)c1ccc(C2=CC=CC2)ccc1=O. The van der Waals surface area contributed by atoms with E-state index in [0.717, 1.165) is 30.8 Å². The second-order valence-electron chi connectivity index (χ2n) is 4.37. The van der Waals surface area contributed by atoms with E-state index in [1.165, 1.54) is 5.57 Å². The minimum Gasteiger partial charge on any atom is -0.369 e. The van der Waals surface area contributed by atoms with E-state index in [4.69, 9.17) is 0 Å². The lowest BCUT2D eigenvalue weighted by Gasteiger charge is -2.18. The Hall–Kier alpha value is -1.83. The van der Waals surface area contributed by atoms with Crippen LogP contribution in [0.15, 0.2) is 47.3 Å². The molecule has 0 aliphatic heterocycles. The average Bonchev–Trinajstić information content (AvgIpc) is 2.85. The third kappa shape index (κ3) is 2.53. The molecule has 1 aromatic carbocycles. The number of nitrogens with zero attached hydrogens (tertiary/aromatic N) is 1. The van der Waals surface area contributed by atoms with E-state index >= 15 is 0 Å². The first kappa shape index (κ1) is 12.6. The van der Waals surface area contributed by atoms with Crippen LogP contribution in [0.25, 0.3) is 5.57 Å². The number of anilines is 1. The van der Waals surface area contributed by atoms with Gasteiger partial charge in [0.05, 0.1) is 5.69 Å². The predicted molar refractivity (Wildman–Crippen MR) is 78.0 cm³/mol. The van der Waals surface area contributed by atoms with Gasteiger partial charge in [-0.1, -0.05) is 30.4 Å². The molecule has 0 spiro atoms. The molecule has 0 saturated heterocycles. The smallest absolute Gasteiger partial charge is 0.201 e. The first-order valence-electron chi connectivity index (χ1n) is 6.51. The Morgan fingerprint density at radius 1 is 1.11 bits per heavy atom. The minimum atomic E-state index is 0.0940. The first-order chi connectivity index (χ1) is 8.76. The lowest BCUT2D eigenvalue weighted by molar-refractivity contribution is 0.863. The fourth-order valence-corrected chi connectivity index (χ4v) is 2.26. The van der Waals surface area contributed by atoms with Crippen molar-refractivity contribution in [1.82, 2.24) is 0 Å². The Labute approximate surface area is 108 Å². The molecule has 0 unspecified atom stereocenters. The minimum absolute atomic E-state index is 0.0940. The third-order valence-electron chi connectivity index (χ3n) is 3.33. The normalized spacial score (nSPS) is 13.6. The largest absolute Gasteiger partial charge is 0.369 e. The zero-order chi connectivity index (χ0) is 13.0. The zero-order valence-corrected chi connectivity index (χ0v) is 11.0. The van der Waals surface area contributed by atoms with Crippen LogP contribution in [0.4, 0.5) is 5.69 Å². The predicted octanol–water partition coefficient (Wildman–Crippen LogP) is 3.24. The van der Waals surface area contributed by atoms with Gasteiger partial charge in [-0.25, -0.2) is 0 Å². The molecular formula is C16H19NO. The van der Waals surface area contributed by atoms with Crippen LogP contribution in [-0.2, 0) is 0 Å². The van der Waals surface area contributed by atoms with Crippen LogP contribution >= 0.6 is 0 Å². The molecule has 0 N–H and O–H groups in total. The van der Waals surface area contributed by atoms with E-state index in [-0.39, 0.29) is 5.43 Å². The van der Waals surface area contributed by atoms with Crippen LogP contribution in [-0.4, -0.2) is 13.1 Å². The van der Waals surface area contributed by atoms with Crippen molar-refractivity contribution < 1.29 is 0 Å². The van der Waals surface area contributed by atoms with Crippen molar-refractivity contribution >= 4 is 11.3 Å². The van der Waals surface area contributed by atoms with Gasteiger partial charge >= 0.3 is 0 Å². The van der Waals surface area contributed by atoms with E-state index in [0.29, 0.717) is 0 Å². The Kier molecular flexibility index (Phi) is 3.98. The van der Waals surface area contributed by atoms with Gasteiger partial charge in [-0.15, -0.1) is 0 Å². The van der Waals surface area contributed by atoms with Gasteiger partial charge in [0.2, 0.25) is 5.43 Å². The van der Waals surface area contributed by atoms with Gasteiger partial charge in [0.1, 0.15) is 0 Å². The van der Waals surface area contributed by atoms with Crippen molar-refractivity contribution in [3.63, 3.8) is 0 Å². The Morgan fingerprint density at radius 3 is 2.44 bits per heavy atom. The van der Waals surface area contributed by atoms with Gasteiger partial charge in [0.25, 0.3) is 0 Å². The van der Waals surface area contributed by atoms with Gasteiger partial charge in [-0.3, -0.25) is 4.79 Å². The highest BCUT2D eigenvalue weighted by Gasteiger charge is 2.07. The fourth-order valence-electron chi connectivity index (χ4n) is 2.26. The van der Waals surface area contributed by atoms with E-state index in [1.807, 2.05) is 18.2 Å². The van der Waals surface area contributed by atoms with Crippen LogP contribution in [0.3, 0.4) is 0 Å². The van der Waals surface area contributed by atoms with Crippen LogP contribution in [0, 0.1) is 0 Å². The molecule has 0 aromatic heterocycles. The molecule has 94 valence electrons. The number of allylic oxidation sites excluding steroid dienone is 4. The van der Waals surface area contributed by atoms with Crippen molar-refractivity contribution in [3.8, 4) is 0 Å². The van der Waals surface area contributed by atoms with Gasteiger partial charge in [0.15, 0.2) is 0 Å². The highest BCUT2D eigenvalue weighted by atomic mass is 16.1. The molecule has 1 aromatic rings. The Morgan fingerprint density at radius 2 is 1.83 bits per heavy atom. The standard InChI is InChI=1S/C16H19NO/c1-3-17(4-2)15-11-9-14(10-12-16(15)18)13-7-5-6-8-13/h5-7,9-12H,3-4,8H2,1-2H3. The van der Waals surface area contributed by atoms with Crippen molar-refractivity contribution in [1.29, 1.82) is 0 Å². The Bertz CT molecular complexity index is 539. The number of hydrogen-bond acceptors (Lipinski definition) is 2. The summed E-state index contributed by atoms with van der Waals surface area (Å²) in [5.41, 5.74) is 3.29. The van der Waals surface area contributed by atoms with E-state index in [1.54, 1.807) is 6.07 Å². The zero-order valence-electron chi connectivity index (χ0n) is 11.0. The van der Waals surface area contributed by atoms with Crippen molar-refractivity contribution in [2.24, 2.45) is 0 Å². The summed E-state index contributed by atoms with van der Waals surface area (Å²) in [7, 11) is 0. The highest BCUT2D eigenvalue weighted by Crippen LogP contribution is 2.22. The van der Waals surface area contributed by atoms with Gasteiger partial charge < -0.3 is 4.90 Å². The lowest BCUT2D eigenvalue weighted by atomic mass is 10.1. The van der Waals surface area contributed by atoms with Crippen LogP contribution in [0.1, 0.15) is 25.8 Å². The summed E-state index contributed by atoms with van der Waals surface area (Å²) < 4.78 is 0. The summed E-state index contributed by atoms with van der Waals surface area (Å²) in [5, 5.41) is 0. The van der Waals surface area contributed by atoms with Crippen molar-refractivity contribution in [3.05, 3.63) is 58.3 Å². The first-order valence-corrected chi connectivity index (χ1v) is 6.51. The number of hydrogen-bond donors (Lipinski definition) is 0. The maximum Gasteiger partial charge on any atom is 0.201 e. The molecule has 0 fully saturated rings. The van der Waals surface area contributed by atoms with Gasteiger partial charge in [-0.05, 0) is 43.5 Å². The van der Waals surface area contributed by atoms with Crippen LogP contribution < -0.4 is 10.3 Å². The van der Waals surface area contributed by atoms with Crippen LogP contribution in [0.5, 0.6) is 0 Å². The molecule has 0 atom stereocenters. The summed E-state index contributed by atoms with van der Waals surface area (Å²) in [6.45, 7) is 5.85. The van der Waals surface area contributed by atoms with Crippen LogP contribution in [0.2, 0.25) is 0 Å². The topological polar surface area (TPSA) is 20.3 Å². The molecule has 0 saturated carbocycles. The van der Waals surface area contributed by atoms with Crippen molar-refractivity contribution in [2.75, 3.05) is 18.0 Å². The van der Waals surface area contributed by atoms with E-state index in [2.05, 4.69) is 37.0 Å². The monoisotopic (exact) mass is 241 g/mol. The summed E-state index contributed by atoms with van der Waals surface area (Å²) in [5.74, 6) is 0. The molecule has 18 heavy (non-hydrogen) atoms. The number of rotatable bonds is 4. The van der Waals surface area contributed by atoms with Crippen molar-refractivity contribution in [2.45, 2.75) is 20.3 Å². The maximum atomic E-state index is 12.1. The molecule has 1 aliphatic rings. The molecule has 2 heteroatoms. The lowest BCUT2D eigenvalue weighted by Crippen LogP contribution is -2.26. The fraction of sp³-hybridized carbons (Fsp3) is 0.312. The van der Waals surface area contributed by atoms with Gasteiger partial charge in [0, 0.05) is 13.1 Å². The molecule has 0 heterocycles. The summed E-state index contributed by atoms with van der Waals surface area (Å²) in [6, 6.07) is 7.61. The molecule has 0 amide bonds. The molecular weight excluding hydrogens is 222 g/mol. The van der Waals surface area contributed by atoms with E-state index in [9.17, 15) is 4.79 Å². The quantitative estimate of drug-likeness (QED) is 0.806. The summed E-state index contributed by atoms with van der Waals surface area (Å²) >= 11 is 0. The average molecular weight is 241 g/mol. The second kappa shape index (κ2) is 5.67. The molecule has 1 aliphatic carbocycles. The summed E-state index contributed by atoms with van der Waals surface area (Å²) in [6.07, 6.45) is 7.26. The van der Waals surface area contributed by atoms with Gasteiger partial charge in [-0.2, -0.15) is 0 Å². The molecule has 2 nitrogen and oxygen atoms in total. The second-order valence-corrected chi connectivity index (χ2v) is 4.37. The third-order valence-corrected chi connectivity index (χ3v) is 3.33. The molecule has 0 bridgehead atoms.